The third-order valence-corrected chi connectivity index (χ3v) is 8.50. The molecule has 1 aromatic rings. The Labute approximate surface area is 207 Å². The predicted molar refractivity (Wildman–Crippen MR) is 133 cm³/mol. The van der Waals surface area contributed by atoms with Crippen molar-refractivity contribution >= 4 is 23.4 Å². The van der Waals surface area contributed by atoms with Crippen LogP contribution >= 0.6 is 0 Å². The van der Waals surface area contributed by atoms with Crippen molar-refractivity contribution in [2.24, 2.45) is 11.8 Å². The molecule has 3 N–H and O–H groups in total. The zero-order valence-corrected chi connectivity index (χ0v) is 21.5. The number of anilines is 1. The van der Waals surface area contributed by atoms with E-state index in [2.05, 4.69) is 10.6 Å². The van der Waals surface area contributed by atoms with Gasteiger partial charge in [-0.1, -0.05) is 39.0 Å². The molecule has 0 saturated carbocycles. The molecule has 3 fully saturated rings. The molecule has 8 nitrogen and oxygen atoms in total. The van der Waals surface area contributed by atoms with Crippen LogP contribution in [0.5, 0.6) is 0 Å². The summed E-state index contributed by atoms with van der Waals surface area (Å²) in [6.45, 7) is 9.98. The SMILES string of the molecule is CCCNC(=O)[C@@H]1[C@H]2C(=O)N([C@@H](CC)CO)C(C(=O)Nc3c(C)cccc3C)C23CC[C@@]1(CC)O3. The number of nitrogens with one attached hydrogen (secondary N) is 2. The Bertz CT molecular complexity index is 988. The van der Waals surface area contributed by atoms with Crippen molar-refractivity contribution in [1.82, 2.24) is 10.2 Å². The minimum atomic E-state index is -1.09. The number of amides is 3. The lowest BCUT2D eigenvalue weighted by molar-refractivity contribution is -0.149. The van der Waals surface area contributed by atoms with E-state index in [1.165, 1.54) is 4.90 Å². The van der Waals surface area contributed by atoms with Gasteiger partial charge in [-0.15, -0.1) is 0 Å². The molecule has 0 aromatic heterocycles. The quantitative estimate of drug-likeness (QED) is 0.499. The Morgan fingerprint density at radius 1 is 1.17 bits per heavy atom. The number of aliphatic hydroxyl groups is 1. The second-order valence-electron chi connectivity index (χ2n) is 10.4. The van der Waals surface area contributed by atoms with E-state index in [1.54, 1.807) is 0 Å². The summed E-state index contributed by atoms with van der Waals surface area (Å²) in [5.41, 5.74) is 0.719. The smallest absolute Gasteiger partial charge is 0.250 e. The van der Waals surface area contributed by atoms with Crippen LogP contribution in [0.1, 0.15) is 64.0 Å². The molecule has 0 aliphatic carbocycles. The fourth-order valence-electron chi connectivity index (χ4n) is 6.72. The fourth-order valence-corrected chi connectivity index (χ4v) is 6.72. The topological polar surface area (TPSA) is 108 Å². The van der Waals surface area contributed by atoms with Crippen LogP contribution in [0.4, 0.5) is 5.69 Å². The molecule has 35 heavy (non-hydrogen) atoms. The lowest BCUT2D eigenvalue weighted by Gasteiger charge is -2.37. The average Bonchev–Trinajstić information content (AvgIpc) is 3.45. The molecule has 2 unspecified atom stereocenters. The van der Waals surface area contributed by atoms with Crippen LogP contribution in [0.2, 0.25) is 0 Å². The predicted octanol–water partition coefficient (Wildman–Crippen LogP) is 2.69. The number of carbonyl (C=O) groups is 3. The molecular formula is C27H39N3O5. The van der Waals surface area contributed by atoms with Gasteiger partial charge in [0.1, 0.15) is 11.6 Å². The van der Waals surface area contributed by atoms with Crippen LogP contribution in [0.15, 0.2) is 18.2 Å². The Morgan fingerprint density at radius 3 is 2.43 bits per heavy atom. The van der Waals surface area contributed by atoms with Gasteiger partial charge >= 0.3 is 0 Å². The summed E-state index contributed by atoms with van der Waals surface area (Å²) in [5, 5.41) is 16.2. The van der Waals surface area contributed by atoms with Gasteiger partial charge in [0.05, 0.1) is 30.1 Å². The molecule has 1 spiro atoms. The normalized spacial score (nSPS) is 32.0. The van der Waals surface area contributed by atoms with E-state index < -0.39 is 35.1 Å². The minimum Gasteiger partial charge on any atom is -0.394 e. The molecule has 3 aliphatic heterocycles. The van der Waals surface area contributed by atoms with Crippen LogP contribution in [-0.2, 0) is 19.1 Å². The van der Waals surface area contributed by atoms with Crippen LogP contribution in [-0.4, -0.2) is 64.2 Å². The highest BCUT2D eigenvalue weighted by Crippen LogP contribution is 2.64. The van der Waals surface area contributed by atoms with E-state index >= 15 is 0 Å². The molecule has 3 saturated heterocycles. The number of rotatable bonds is 9. The summed E-state index contributed by atoms with van der Waals surface area (Å²) in [5.74, 6) is -2.17. The maximum Gasteiger partial charge on any atom is 0.250 e. The molecule has 2 bridgehead atoms. The monoisotopic (exact) mass is 485 g/mol. The first-order valence-corrected chi connectivity index (χ1v) is 13.0. The highest BCUT2D eigenvalue weighted by Gasteiger charge is 2.79. The number of carbonyl (C=O) groups excluding carboxylic acids is 3. The number of para-hydroxylation sites is 1. The van der Waals surface area contributed by atoms with Crippen molar-refractivity contribution in [3.8, 4) is 0 Å². The van der Waals surface area contributed by atoms with Crippen molar-refractivity contribution < 1.29 is 24.2 Å². The van der Waals surface area contributed by atoms with Gasteiger partial charge in [0.25, 0.3) is 0 Å². The Kier molecular flexibility index (Phi) is 6.99. The summed E-state index contributed by atoms with van der Waals surface area (Å²) in [6.07, 6.45) is 3.01. The number of nitrogens with zero attached hydrogens (tertiary/aromatic N) is 1. The standard InChI is InChI=1S/C27H39N3O5/c1-6-14-28-23(32)19-20-25(34)30(18(7-2)15-31)22(27(20)13-12-26(19,8-3)35-27)24(33)29-21-16(4)10-9-11-17(21)5/h9-11,18-20,22,31H,6-8,12-15H2,1-5H3,(H,28,32)(H,29,33)/t18-,19-,20-,22?,26+,27?/m0/s1. The van der Waals surface area contributed by atoms with E-state index in [-0.39, 0.29) is 24.3 Å². The van der Waals surface area contributed by atoms with Gasteiger partial charge in [0.2, 0.25) is 17.7 Å². The molecular weight excluding hydrogens is 446 g/mol. The van der Waals surface area contributed by atoms with Gasteiger partial charge in [-0.25, -0.2) is 0 Å². The molecule has 192 valence electrons. The number of benzene rings is 1. The molecule has 6 atom stereocenters. The van der Waals surface area contributed by atoms with E-state index in [0.717, 1.165) is 23.2 Å². The molecule has 3 heterocycles. The van der Waals surface area contributed by atoms with Gasteiger partial charge in [-0.05, 0) is 57.1 Å². The maximum atomic E-state index is 14.1. The first-order chi connectivity index (χ1) is 16.7. The number of ether oxygens (including phenoxy) is 1. The summed E-state index contributed by atoms with van der Waals surface area (Å²) in [6, 6.07) is 4.35. The van der Waals surface area contributed by atoms with E-state index in [4.69, 9.17) is 4.74 Å². The lowest BCUT2D eigenvalue weighted by atomic mass is 9.65. The van der Waals surface area contributed by atoms with Crippen molar-refractivity contribution in [3.05, 3.63) is 29.3 Å². The zero-order chi connectivity index (χ0) is 25.5. The van der Waals surface area contributed by atoms with E-state index in [9.17, 15) is 19.5 Å². The Hall–Kier alpha value is -2.45. The van der Waals surface area contributed by atoms with Crippen LogP contribution < -0.4 is 10.6 Å². The third-order valence-electron chi connectivity index (χ3n) is 8.50. The summed E-state index contributed by atoms with van der Waals surface area (Å²) >= 11 is 0. The first-order valence-electron chi connectivity index (χ1n) is 13.0. The van der Waals surface area contributed by atoms with Crippen molar-refractivity contribution in [1.29, 1.82) is 0 Å². The number of likely N-dealkylation sites (tertiary alicyclic amines) is 1. The van der Waals surface area contributed by atoms with Crippen LogP contribution in [0.3, 0.4) is 0 Å². The van der Waals surface area contributed by atoms with Crippen molar-refractivity contribution in [2.75, 3.05) is 18.5 Å². The van der Waals surface area contributed by atoms with Gasteiger partial charge in [-0.2, -0.15) is 0 Å². The molecule has 0 radical (unpaired) electrons. The summed E-state index contributed by atoms with van der Waals surface area (Å²) in [7, 11) is 0. The van der Waals surface area contributed by atoms with Gasteiger partial charge in [0.15, 0.2) is 0 Å². The second kappa shape index (κ2) is 9.54. The van der Waals surface area contributed by atoms with E-state index in [0.29, 0.717) is 32.2 Å². The lowest BCUT2D eigenvalue weighted by Crippen LogP contribution is -2.56. The number of aryl methyl sites for hydroxylation is 2. The highest BCUT2D eigenvalue weighted by atomic mass is 16.5. The van der Waals surface area contributed by atoms with E-state index in [1.807, 2.05) is 52.8 Å². The van der Waals surface area contributed by atoms with Crippen molar-refractivity contribution in [2.45, 2.75) is 90.0 Å². The fraction of sp³-hybridized carbons (Fsp3) is 0.667. The third kappa shape index (κ3) is 3.76. The summed E-state index contributed by atoms with van der Waals surface area (Å²) < 4.78 is 6.74. The number of hydrogen-bond acceptors (Lipinski definition) is 5. The summed E-state index contributed by atoms with van der Waals surface area (Å²) in [4.78, 5) is 43.0. The van der Waals surface area contributed by atoms with Crippen LogP contribution in [0.25, 0.3) is 0 Å². The van der Waals surface area contributed by atoms with Gasteiger partial charge in [-0.3, -0.25) is 14.4 Å². The number of hydrogen-bond donors (Lipinski definition) is 3. The largest absolute Gasteiger partial charge is 0.394 e. The number of fused-ring (bicyclic) bond motifs is 1. The highest BCUT2D eigenvalue weighted by molar-refractivity contribution is 6.04. The molecule has 4 rings (SSSR count). The molecule has 3 aliphatic rings. The Balaban J connectivity index is 1.79. The minimum absolute atomic E-state index is 0.179. The zero-order valence-electron chi connectivity index (χ0n) is 21.5. The first kappa shape index (κ1) is 25.6. The van der Waals surface area contributed by atoms with Crippen molar-refractivity contribution in [3.63, 3.8) is 0 Å². The van der Waals surface area contributed by atoms with Crippen LogP contribution in [0, 0.1) is 25.7 Å². The number of aliphatic hydroxyl groups excluding tert-OH is 1. The van der Waals surface area contributed by atoms with Gasteiger partial charge in [0, 0.05) is 12.2 Å². The Morgan fingerprint density at radius 2 is 1.86 bits per heavy atom. The second-order valence-corrected chi connectivity index (χ2v) is 10.4. The average molecular weight is 486 g/mol. The molecule has 8 heteroatoms. The molecule has 1 aromatic carbocycles. The van der Waals surface area contributed by atoms with Gasteiger partial charge < -0.3 is 25.4 Å². The molecule has 3 amide bonds. The maximum absolute atomic E-state index is 14.1.